The number of para-hydroxylation sites is 2. The van der Waals surface area contributed by atoms with Gasteiger partial charge in [-0.3, -0.25) is 0 Å². The van der Waals surface area contributed by atoms with Crippen LogP contribution in [0.1, 0.15) is 25.0 Å². The molecule has 40 heavy (non-hydrogen) atoms. The molecule has 1 aliphatic rings. The van der Waals surface area contributed by atoms with E-state index in [9.17, 15) is 0 Å². The molecular formula is C39H27N. The van der Waals surface area contributed by atoms with E-state index in [2.05, 4.69) is 146 Å². The van der Waals surface area contributed by atoms with Crippen LogP contribution in [0.2, 0.25) is 0 Å². The van der Waals surface area contributed by atoms with E-state index in [1.807, 2.05) is 0 Å². The highest BCUT2D eigenvalue weighted by Crippen LogP contribution is 2.56. The second-order valence-electron chi connectivity index (χ2n) is 11.7. The molecule has 0 heterocycles. The van der Waals surface area contributed by atoms with E-state index in [-0.39, 0.29) is 5.41 Å². The number of benzene rings is 8. The van der Waals surface area contributed by atoms with Crippen LogP contribution in [-0.2, 0) is 5.41 Å². The molecular weight excluding hydrogens is 482 g/mol. The lowest BCUT2D eigenvalue weighted by atomic mass is 9.68. The second-order valence-corrected chi connectivity index (χ2v) is 11.7. The molecule has 1 nitrogen and oxygen atoms in total. The zero-order valence-corrected chi connectivity index (χ0v) is 22.6. The molecule has 188 valence electrons. The Balaban J connectivity index is 1.61. The first kappa shape index (κ1) is 22.0. The number of fused-ring (bicyclic) bond motifs is 1. The van der Waals surface area contributed by atoms with Crippen molar-refractivity contribution < 1.29 is 0 Å². The molecule has 8 aromatic carbocycles. The molecule has 1 heteroatoms. The first-order valence-corrected chi connectivity index (χ1v) is 14.1. The van der Waals surface area contributed by atoms with Crippen LogP contribution >= 0.6 is 0 Å². The third-order valence-corrected chi connectivity index (χ3v) is 9.32. The molecule has 0 aliphatic heterocycles. The summed E-state index contributed by atoms with van der Waals surface area (Å²) in [7, 11) is 0. The Bertz CT molecular complexity index is 2240. The number of hydrogen-bond acceptors (Lipinski definition) is 1. The van der Waals surface area contributed by atoms with Crippen molar-refractivity contribution in [1.29, 1.82) is 0 Å². The molecule has 1 aliphatic carbocycles. The standard InChI is InChI=1S/C39H27N/c1-39(2)31-21-11-20-30-35(31)37-34-28(27-17-9-12-24-22-23-32(39)36(37)33(24)27)18-10-19-29(34)38(30)40(25-13-5-3-6-14-25)26-15-7-4-8-16-26/h3-23H,1-2H3. The fraction of sp³-hybridized carbons (Fsp3) is 0.0769. The minimum atomic E-state index is -0.120. The lowest BCUT2D eigenvalue weighted by Gasteiger charge is -2.37. The zero-order valence-electron chi connectivity index (χ0n) is 22.6. The minimum absolute atomic E-state index is 0.120. The Kier molecular flexibility index (Phi) is 4.18. The predicted octanol–water partition coefficient (Wildman–Crippen LogP) is 11.0. The molecule has 0 unspecified atom stereocenters. The normalized spacial score (nSPS) is 13.9. The van der Waals surface area contributed by atoms with Gasteiger partial charge in [0.1, 0.15) is 0 Å². The fourth-order valence-corrected chi connectivity index (χ4v) is 7.63. The largest absolute Gasteiger partial charge is 0.309 e. The predicted molar refractivity (Wildman–Crippen MR) is 172 cm³/mol. The van der Waals surface area contributed by atoms with E-state index < -0.39 is 0 Å². The van der Waals surface area contributed by atoms with Crippen LogP contribution in [-0.4, -0.2) is 0 Å². The number of nitrogens with zero attached hydrogens (tertiary/aromatic N) is 1. The van der Waals surface area contributed by atoms with Gasteiger partial charge in [-0.25, -0.2) is 0 Å². The van der Waals surface area contributed by atoms with Crippen LogP contribution in [0.15, 0.2) is 127 Å². The van der Waals surface area contributed by atoms with Gasteiger partial charge in [-0.1, -0.05) is 117 Å². The molecule has 0 saturated carbocycles. The summed E-state index contributed by atoms with van der Waals surface area (Å²) in [5.74, 6) is 0. The average molecular weight is 510 g/mol. The molecule has 0 amide bonds. The van der Waals surface area contributed by atoms with Gasteiger partial charge in [0.05, 0.1) is 5.69 Å². The summed E-state index contributed by atoms with van der Waals surface area (Å²) < 4.78 is 0. The van der Waals surface area contributed by atoms with Crippen molar-refractivity contribution in [2.24, 2.45) is 0 Å². The SMILES string of the molecule is CC1(C)c2cccc3c(N(c4ccccc4)c4ccccc4)c4cccc5c6cccc7ccc1c(c76)c(c23)c45. The van der Waals surface area contributed by atoms with Crippen LogP contribution < -0.4 is 4.90 Å². The summed E-state index contributed by atoms with van der Waals surface area (Å²) >= 11 is 0. The van der Waals surface area contributed by atoms with Gasteiger partial charge in [0.2, 0.25) is 0 Å². The van der Waals surface area contributed by atoms with E-state index >= 15 is 0 Å². The lowest BCUT2D eigenvalue weighted by molar-refractivity contribution is 0.652. The highest BCUT2D eigenvalue weighted by atomic mass is 15.1. The first-order valence-electron chi connectivity index (χ1n) is 14.1. The third kappa shape index (κ3) is 2.62. The average Bonchev–Trinajstić information content (AvgIpc) is 3.00. The number of rotatable bonds is 3. The monoisotopic (exact) mass is 509 g/mol. The molecule has 0 spiro atoms. The maximum Gasteiger partial charge on any atom is 0.0619 e. The second kappa shape index (κ2) is 7.61. The van der Waals surface area contributed by atoms with E-state index in [1.165, 1.54) is 70.7 Å². The van der Waals surface area contributed by atoms with Crippen molar-refractivity contribution in [2.75, 3.05) is 4.90 Å². The Morgan fingerprint density at radius 1 is 0.400 bits per heavy atom. The van der Waals surface area contributed by atoms with E-state index in [4.69, 9.17) is 0 Å². The van der Waals surface area contributed by atoms with E-state index in [1.54, 1.807) is 0 Å². The summed E-state index contributed by atoms with van der Waals surface area (Å²) in [5.41, 5.74) is 6.29. The first-order chi connectivity index (χ1) is 19.6. The number of hydrogen-bond donors (Lipinski definition) is 0. The van der Waals surface area contributed by atoms with Crippen LogP contribution in [0, 0.1) is 0 Å². The topological polar surface area (TPSA) is 3.24 Å². The van der Waals surface area contributed by atoms with Crippen molar-refractivity contribution >= 4 is 70.9 Å². The molecule has 0 radical (unpaired) electrons. The smallest absolute Gasteiger partial charge is 0.0619 e. The summed E-state index contributed by atoms with van der Waals surface area (Å²) in [6.07, 6.45) is 0. The van der Waals surface area contributed by atoms with Gasteiger partial charge in [0.15, 0.2) is 0 Å². The fourth-order valence-electron chi connectivity index (χ4n) is 7.63. The third-order valence-electron chi connectivity index (χ3n) is 9.32. The maximum atomic E-state index is 2.46. The molecule has 0 aromatic heterocycles. The van der Waals surface area contributed by atoms with Crippen LogP contribution in [0.3, 0.4) is 0 Å². The lowest BCUT2D eigenvalue weighted by Crippen LogP contribution is -2.23. The van der Waals surface area contributed by atoms with Crippen molar-refractivity contribution in [3.05, 3.63) is 139 Å². The Hall–Kier alpha value is -4.88. The van der Waals surface area contributed by atoms with Gasteiger partial charge in [0, 0.05) is 32.9 Å². The molecule has 0 bridgehead atoms. The van der Waals surface area contributed by atoms with Gasteiger partial charge in [-0.2, -0.15) is 0 Å². The zero-order chi connectivity index (χ0) is 26.6. The highest BCUT2D eigenvalue weighted by molar-refractivity contribution is 6.42. The maximum absolute atomic E-state index is 2.46. The Morgan fingerprint density at radius 2 is 0.950 bits per heavy atom. The molecule has 8 aromatic rings. The molecule has 9 rings (SSSR count). The molecule has 0 fully saturated rings. The summed E-state index contributed by atoms with van der Waals surface area (Å²) in [6.45, 7) is 4.81. The van der Waals surface area contributed by atoms with E-state index in [0.717, 1.165) is 11.4 Å². The summed E-state index contributed by atoms with van der Waals surface area (Å²) in [4.78, 5) is 2.46. The highest BCUT2D eigenvalue weighted by Gasteiger charge is 2.35. The molecule has 0 saturated heterocycles. The summed E-state index contributed by atoms with van der Waals surface area (Å²) in [5, 5.41) is 13.6. The van der Waals surface area contributed by atoms with Crippen molar-refractivity contribution in [3.8, 4) is 0 Å². The van der Waals surface area contributed by atoms with Gasteiger partial charge in [0.25, 0.3) is 0 Å². The molecule has 0 N–H and O–H groups in total. The van der Waals surface area contributed by atoms with Crippen molar-refractivity contribution in [2.45, 2.75) is 19.3 Å². The van der Waals surface area contributed by atoms with Gasteiger partial charge >= 0.3 is 0 Å². The van der Waals surface area contributed by atoms with Gasteiger partial charge in [-0.15, -0.1) is 0 Å². The van der Waals surface area contributed by atoms with Crippen molar-refractivity contribution in [3.63, 3.8) is 0 Å². The van der Waals surface area contributed by atoms with Gasteiger partial charge < -0.3 is 4.90 Å². The van der Waals surface area contributed by atoms with Crippen LogP contribution in [0.4, 0.5) is 17.1 Å². The Morgan fingerprint density at radius 3 is 1.65 bits per heavy atom. The number of anilines is 3. The molecule has 0 atom stereocenters. The van der Waals surface area contributed by atoms with E-state index in [0.29, 0.717) is 0 Å². The minimum Gasteiger partial charge on any atom is -0.309 e. The quantitative estimate of drug-likeness (QED) is 0.169. The van der Waals surface area contributed by atoms with Crippen molar-refractivity contribution in [1.82, 2.24) is 0 Å². The van der Waals surface area contributed by atoms with Crippen LogP contribution in [0.5, 0.6) is 0 Å². The Labute approximate surface area is 233 Å². The summed E-state index contributed by atoms with van der Waals surface area (Å²) in [6, 6.07) is 47.1. The van der Waals surface area contributed by atoms with Gasteiger partial charge in [-0.05, 0) is 73.1 Å². The van der Waals surface area contributed by atoms with Crippen LogP contribution in [0.25, 0.3) is 53.9 Å².